The Kier molecular flexibility index (Phi) is 2.82. The van der Waals surface area contributed by atoms with Gasteiger partial charge in [0.15, 0.2) is 0 Å². The molecular formula is C12H13FO2. The minimum atomic E-state index is -0.877. The number of hydrogen-bond donors (Lipinski definition) is 0. The van der Waals surface area contributed by atoms with Gasteiger partial charge in [0.25, 0.3) is 0 Å². The number of benzene rings is 1. The van der Waals surface area contributed by atoms with Gasteiger partial charge in [-0.1, -0.05) is 24.3 Å². The number of aldehydes is 1. The molecule has 0 aromatic heterocycles. The molecule has 0 spiro atoms. The maximum absolute atomic E-state index is 13.1. The second kappa shape index (κ2) is 4.11. The molecule has 0 radical (unpaired) electrons. The molecule has 0 bridgehead atoms. The Morgan fingerprint density at radius 3 is 2.87 bits per heavy atom. The van der Waals surface area contributed by atoms with Crippen LogP contribution in [0, 0.1) is 0 Å². The van der Waals surface area contributed by atoms with Crippen molar-refractivity contribution in [2.24, 2.45) is 0 Å². The lowest BCUT2D eigenvalue weighted by Gasteiger charge is -2.26. The van der Waals surface area contributed by atoms with Crippen LogP contribution in [0.5, 0.6) is 0 Å². The molecule has 1 unspecified atom stereocenters. The third kappa shape index (κ3) is 1.67. The van der Waals surface area contributed by atoms with Crippen LogP contribution >= 0.6 is 0 Å². The molecule has 2 rings (SSSR count). The maximum Gasteiger partial charge on any atom is 0.150 e. The van der Waals surface area contributed by atoms with Gasteiger partial charge in [-0.2, -0.15) is 0 Å². The summed E-state index contributed by atoms with van der Waals surface area (Å²) >= 11 is 0. The van der Waals surface area contributed by atoms with Gasteiger partial charge in [0, 0.05) is 12.2 Å². The van der Waals surface area contributed by atoms with Crippen LogP contribution in [0.4, 0.5) is 4.39 Å². The summed E-state index contributed by atoms with van der Waals surface area (Å²) in [4.78, 5) is 10.9. The Morgan fingerprint density at radius 2 is 2.27 bits per heavy atom. The molecule has 0 aliphatic carbocycles. The van der Waals surface area contributed by atoms with Gasteiger partial charge in [-0.15, -0.1) is 0 Å². The molecule has 1 saturated heterocycles. The van der Waals surface area contributed by atoms with E-state index < -0.39 is 12.3 Å². The van der Waals surface area contributed by atoms with E-state index >= 15 is 0 Å². The van der Waals surface area contributed by atoms with Crippen LogP contribution in [0.25, 0.3) is 0 Å². The van der Waals surface area contributed by atoms with Crippen molar-refractivity contribution >= 4 is 6.29 Å². The number of ether oxygens (including phenoxy) is 1. The monoisotopic (exact) mass is 208 g/mol. The van der Waals surface area contributed by atoms with Crippen LogP contribution in [-0.4, -0.2) is 19.6 Å². The van der Waals surface area contributed by atoms with Crippen molar-refractivity contribution < 1.29 is 13.9 Å². The fraction of sp³-hybridized carbons (Fsp3) is 0.417. The van der Waals surface area contributed by atoms with Crippen LogP contribution < -0.4 is 0 Å². The first-order chi connectivity index (χ1) is 7.32. The van der Waals surface area contributed by atoms with Crippen molar-refractivity contribution in [2.45, 2.75) is 18.4 Å². The highest BCUT2D eigenvalue weighted by Gasteiger charge is 2.38. The molecular weight excluding hydrogens is 195 g/mol. The SMILES string of the molecule is O=Cc1ccccc1C1(CF)CCCO1. The maximum atomic E-state index is 13.1. The zero-order valence-corrected chi connectivity index (χ0v) is 8.41. The van der Waals surface area contributed by atoms with E-state index in [2.05, 4.69) is 0 Å². The van der Waals surface area contributed by atoms with Crippen molar-refractivity contribution in [1.82, 2.24) is 0 Å². The van der Waals surface area contributed by atoms with Crippen LogP contribution in [0.15, 0.2) is 24.3 Å². The predicted molar refractivity (Wildman–Crippen MR) is 54.7 cm³/mol. The number of hydrogen-bond acceptors (Lipinski definition) is 2. The fourth-order valence-electron chi connectivity index (χ4n) is 2.10. The van der Waals surface area contributed by atoms with Gasteiger partial charge < -0.3 is 4.74 Å². The molecule has 80 valence electrons. The summed E-state index contributed by atoms with van der Waals surface area (Å²) in [7, 11) is 0. The summed E-state index contributed by atoms with van der Waals surface area (Å²) in [6.07, 6.45) is 2.25. The molecule has 1 fully saturated rings. The number of halogens is 1. The normalized spacial score (nSPS) is 25.4. The fourth-order valence-corrected chi connectivity index (χ4v) is 2.10. The van der Waals surface area contributed by atoms with E-state index in [-0.39, 0.29) is 0 Å². The molecule has 0 saturated carbocycles. The highest BCUT2D eigenvalue weighted by molar-refractivity contribution is 5.77. The minimum Gasteiger partial charge on any atom is -0.368 e. The molecule has 1 heterocycles. The average molecular weight is 208 g/mol. The second-order valence-electron chi connectivity index (χ2n) is 3.79. The van der Waals surface area contributed by atoms with Crippen LogP contribution in [0.1, 0.15) is 28.8 Å². The Bertz CT molecular complexity index is 356. The number of rotatable bonds is 3. The molecule has 1 aliphatic rings. The van der Waals surface area contributed by atoms with Gasteiger partial charge in [-0.3, -0.25) is 4.79 Å². The van der Waals surface area contributed by atoms with Crippen molar-refractivity contribution in [1.29, 1.82) is 0 Å². The van der Waals surface area contributed by atoms with Gasteiger partial charge in [0.05, 0.1) is 0 Å². The largest absolute Gasteiger partial charge is 0.368 e. The van der Waals surface area contributed by atoms with E-state index in [0.717, 1.165) is 12.7 Å². The first kappa shape index (κ1) is 10.3. The lowest BCUT2D eigenvalue weighted by molar-refractivity contribution is -0.0196. The van der Waals surface area contributed by atoms with Gasteiger partial charge >= 0.3 is 0 Å². The van der Waals surface area contributed by atoms with Crippen molar-refractivity contribution in [3.63, 3.8) is 0 Å². The molecule has 2 nitrogen and oxygen atoms in total. The highest BCUT2D eigenvalue weighted by atomic mass is 19.1. The summed E-state index contributed by atoms with van der Waals surface area (Å²) in [5.41, 5.74) is 0.328. The Morgan fingerprint density at radius 1 is 1.47 bits per heavy atom. The van der Waals surface area contributed by atoms with Crippen molar-refractivity contribution in [3.8, 4) is 0 Å². The van der Waals surface area contributed by atoms with Gasteiger partial charge in [-0.25, -0.2) is 4.39 Å². The average Bonchev–Trinajstić information content (AvgIpc) is 2.79. The first-order valence-corrected chi connectivity index (χ1v) is 5.07. The minimum absolute atomic E-state index is 0.525. The lowest BCUT2D eigenvalue weighted by atomic mass is 9.89. The van der Waals surface area contributed by atoms with Gasteiger partial charge in [0.1, 0.15) is 18.6 Å². The quantitative estimate of drug-likeness (QED) is 0.713. The molecule has 1 aliphatic heterocycles. The van der Waals surface area contributed by atoms with Crippen molar-refractivity contribution in [3.05, 3.63) is 35.4 Å². The van der Waals surface area contributed by atoms with E-state index in [9.17, 15) is 9.18 Å². The molecule has 1 atom stereocenters. The zero-order chi connectivity index (χ0) is 10.7. The zero-order valence-electron chi connectivity index (χ0n) is 8.41. The number of carbonyl (C=O) groups excluding carboxylic acids is 1. The van der Waals surface area contributed by atoms with Gasteiger partial charge in [-0.05, 0) is 18.4 Å². The summed E-state index contributed by atoms with van der Waals surface area (Å²) in [5, 5.41) is 0. The summed E-state index contributed by atoms with van der Waals surface area (Å²) < 4.78 is 18.6. The third-order valence-corrected chi connectivity index (χ3v) is 2.90. The topological polar surface area (TPSA) is 26.3 Å². The summed E-state index contributed by atoms with van der Waals surface area (Å²) in [6, 6.07) is 7.05. The van der Waals surface area contributed by atoms with E-state index in [0.29, 0.717) is 24.2 Å². The number of alkyl halides is 1. The molecule has 3 heteroatoms. The molecule has 1 aromatic rings. The molecule has 1 aromatic carbocycles. The smallest absolute Gasteiger partial charge is 0.150 e. The van der Waals surface area contributed by atoms with Gasteiger partial charge in [0.2, 0.25) is 0 Å². The van der Waals surface area contributed by atoms with E-state index in [1.165, 1.54) is 0 Å². The number of carbonyl (C=O) groups is 1. The summed E-state index contributed by atoms with van der Waals surface area (Å²) in [6.45, 7) is -0.00500. The van der Waals surface area contributed by atoms with Crippen molar-refractivity contribution in [2.75, 3.05) is 13.3 Å². The van der Waals surface area contributed by atoms with E-state index in [1.807, 2.05) is 0 Å². The third-order valence-electron chi connectivity index (χ3n) is 2.90. The molecule has 0 N–H and O–H groups in total. The highest BCUT2D eigenvalue weighted by Crippen LogP contribution is 2.37. The van der Waals surface area contributed by atoms with E-state index in [1.54, 1.807) is 24.3 Å². The standard InChI is InChI=1S/C12H13FO2/c13-9-12(6-3-7-15-12)11-5-2-1-4-10(11)8-14/h1-2,4-5,8H,3,6-7,9H2. The van der Waals surface area contributed by atoms with Crippen LogP contribution in [0.3, 0.4) is 0 Å². The Labute approximate surface area is 88.1 Å². The first-order valence-electron chi connectivity index (χ1n) is 5.07. The summed E-state index contributed by atoms with van der Waals surface area (Å²) in [5.74, 6) is 0. The van der Waals surface area contributed by atoms with Crippen LogP contribution in [0.2, 0.25) is 0 Å². The molecule has 0 amide bonds. The second-order valence-corrected chi connectivity index (χ2v) is 3.79. The van der Waals surface area contributed by atoms with E-state index in [4.69, 9.17) is 4.74 Å². The Hall–Kier alpha value is -1.22. The predicted octanol–water partition coefficient (Wildman–Crippen LogP) is 2.47. The Balaban J connectivity index is 2.46. The molecule has 15 heavy (non-hydrogen) atoms. The lowest BCUT2D eigenvalue weighted by Crippen LogP contribution is -2.28. The van der Waals surface area contributed by atoms with Crippen LogP contribution in [-0.2, 0) is 10.3 Å².